The molecule has 106 valence electrons. The maximum atomic E-state index is 11.9. The van der Waals surface area contributed by atoms with E-state index in [2.05, 4.69) is 10.2 Å². The van der Waals surface area contributed by atoms with Gasteiger partial charge in [0.2, 0.25) is 0 Å². The molecule has 1 atom stereocenters. The molecule has 1 aliphatic rings. The lowest BCUT2D eigenvalue weighted by Gasteiger charge is -2.28. The number of nitrogens with zero attached hydrogens (tertiary/aromatic N) is 1. The third kappa shape index (κ3) is 3.51. The molecule has 1 amide bonds. The van der Waals surface area contributed by atoms with Crippen LogP contribution in [-0.2, 0) is 11.2 Å². The number of amides is 1. The second kappa shape index (κ2) is 5.54. The standard InChI is InChI=1S/C16H20N2O2/c1-16(2,3)20-15(19)18-14-7-5-6-11-10-12(17-4)8-9-13(11)14/h8-10,14H,5-7H2,1-3H3,(H,18,19). The van der Waals surface area contributed by atoms with E-state index in [1.54, 1.807) is 6.07 Å². The highest BCUT2D eigenvalue weighted by molar-refractivity contribution is 5.68. The van der Waals surface area contributed by atoms with Crippen LogP contribution >= 0.6 is 0 Å². The number of carbonyl (C=O) groups is 1. The van der Waals surface area contributed by atoms with Gasteiger partial charge in [0.05, 0.1) is 12.6 Å². The van der Waals surface area contributed by atoms with Crippen molar-refractivity contribution in [3.05, 3.63) is 40.7 Å². The predicted octanol–water partition coefficient (Wildman–Crippen LogP) is 4.14. The number of alkyl carbamates (subject to hydrolysis) is 1. The van der Waals surface area contributed by atoms with Gasteiger partial charge < -0.3 is 10.1 Å². The van der Waals surface area contributed by atoms with Crippen LogP contribution in [0.1, 0.15) is 50.8 Å². The third-order valence-electron chi connectivity index (χ3n) is 3.26. The molecule has 1 aromatic carbocycles. The quantitative estimate of drug-likeness (QED) is 0.781. The zero-order valence-electron chi connectivity index (χ0n) is 12.2. The van der Waals surface area contributed by atoms with E-state index in [0.717, 1.165) is 30.4 Å². The molecule has 4 heteroatoms. The van der Waals surface area contributed by atoms with E-state index in [9.17, 15) is 4.79 Å². The van der Waals surface area contributed by atoms with Crippen LogP contribution in [0.3, 0.4) is 0 Å². The fraction of sp³-hybridized carbons (Fsp3) is 0.500. The number of ether oxygens (including phenoxy) is 1. The molecule has 0 aromatic heterocycles. The summed E-state index contributed by atoms with van der Waals surface area (Å²) in [5.41, 5.74) is 2.43. The lowest BCUT2D eigenvalue weighted by molar-refractivity contribution is 0.0499. The summed E-state index contributed by atoms with van der Waals surface area (Å²) in [6, 6.07) is 5.66. The van der Waals surface area contributed by atoms with Crippen LogP contribution in [0.25, 0.3) is 4.85 Å². The minimum absolute atomic E-state index is 0.0200. The summed E-state index contributed by atoms with van der Waals surface area (Å²) in [5, 5.41) is 2.93. The van der Waals surface area contributed by atoms with Gasteiger partial charge in [-0.1, -0.05) is 23.8 Å². The molecule has 1 aliphatic carbocycles. The van der Waals surface area contributed by atoms with Crippen molar-refractivity contribution in [2.75, 3.05) is 0 Å². The number of hydrogen-bond acceptors (Lipinski definition) is 2. The number of benzene rings is 1. The van der Waals surface area contributed by atoms with Crippen LogP contribution in [-0.4, -0.2) is 11.7 Å². The molecule has 1 unspecified atom stereocenters. The zero-order valence-corrected chi connectivity index (χ0v) is 12.2. The Labute approximate surface area is 120 Å². The van der Waals surface area contributed by atoms with Crippen LogP contribution < -0.4 is 5.32 Å². The number of carbonyl (C=O) groups excluding carboxylic acids is 1. The highest BCUT2D eigenvalue weighted by Crippen LogP contribution is 2.32. The fourth-order valence-corrected chi connectivity index (χ4v) is 2.47. The van der Waals surface area contributed by atoms with Gasteiger partial charge in [-0.2, -0.15) is 0 Å². The van der Waals surface area contributed by atoms with Crippen LogP contribution in [0.15, 0.2) is 18.2 Å². The Hall–Kier alpha value is -2.02. The highest BCUT2D eigenvalue weighted by atomic mass is 16.6. The molecule has 0 saturated heterocycles. The van der Waals surface area contributed by atoms with Crippen molar-refractivity contribution < 1.29 is 9.53 Å². The Bertz CT molecular complexity index is 553. The molecular weight excluding hydrogens is 252 g/mol. The summed E-state index contributed by atoms with van der Waals surface area (Å²) < 4.78 is 5.30. The molecular formula is C16H20N2O2. The van der Waals surface area contributed by atoms with Crippen LogP contribution in [0.2, 0.25) is 0 Å². The summed E-state index contributed by atoms with van der Waals surface area (Å²) in [5.74, 6) is 0. The van der Waals surface area contributed by atoms with E-state index in [-0.39, 0.29) is 12.1 Å². The largest absolute Gasteiger partial charge is 0.444 e. The van der Waals surface area contributed by atoms with Gasteiger partial charge in [-0.05, 0) is 45.6 Å². The van der Waals surface area contributed by atoms with E-state index in [1.807, 2.05) is 32.9 Å². The van der Waals surface area contributed by atoms with Crippen molar-refractivity contribution >= 4 is 11.8 Å². The first kappa shape index (κ1) is 14.4. The molecule has 0 bridgehead atoms. The summed E-state index contributed by atoms with van der Waals surface area (Å²) >= 11 is 0. The second-order valence-electron chi connectivity index (χ2n) is 6.09. The van der Waals surface area contributed by atoms with Gasteiger partial charge in [-0.3, -0.25) is 0 Å². The van der Waals surface area contributed by atoms with E-state index >= 15 is 0 Å². The lowest BCUT2D eigenvalue weighted by Crippen LogP contribution is -2.36. The molecule has 4 nitrogen and oxygen atoms in total. The van der Waals surface area contributed by atoms with Gasteiger partial charge in [0.25, 0.3) is 0 Å². The third-order valence-corrected chi connectivity index (χ3v) is 3.26. The normalized spacial score (nSPS) is 17.8. The maximum absolute atomic E-state index is 11.9. The van der Waals surface area contributed by atoms with Gasteiger partial charge in [0.15, 0.2) is 5.69 Å². The van der Waals surface area contributed by atoms with E-state index in [0.29, 0.717) is 5.69 Å². The number of rotatable bonds is 1. The minimum atomic E-state index is -0.491. The van der Waals surface area contributed by atoms with Crippen molar-refractivity contribution in [3.63, 3.8) is 0 Å². The van der Waals surface area contributed by atoms with E-state index in [1.165, 1.54) is 0 Å². The smallest absolute Gasteiger partial charge is 0.408 e. The number of fused-ring (bicyclic) bond motifs is 1. The molecule has 1 N–H and O–H groups in total. The molecule has 0 aliphatic heterocycles. The average molecular weight is 272 g/mol. The molecule has 0 saturated carbocycles. The Kier molecular flexibility index (Phi) is 3.99. The number of hydrogen-bond donors (Lipinski definition) is 1. The number of nitrogens with one attached hydrogen (secondary N) is 1. The van der Waals surface area contributed by atoms with Gasteiger partial charge in [0, 0.05) is 0 Å². The first-order valence-electron chi connectivity index (χ1n) is 6.89. The Balaban J connectivity index is 2.13. The molecule has 2 rings (SSSR count). The number of aryl methyl sites for hydroxylation is 1. The first-order chi connectivity index (χ1) is 9.39. The second-order valence-corrected chi connectivity index (χ2v) is 6.09. The van der Waals surface area contributed by atoms with E-state index < -0.39 is 5.60 Å². The summed E-state index contributed by atoms with van der Waals surface area (Å²) in [4.78, 5) is 15.3. The molecule has 20 heavy (non-hydrogen) atoms. The zero-order chi connectivity index (χ0) is 14.8. The minimum Gasteiger partial charge on any atom is -0.444 e. The molecule has 0 spiro atoms. The fourth-order valence-electron chi connectivity index (χ4n) is 2.47. The molecule has 0 heterocycles. The van der Waals surface area contributed by atoms with Gasteiger partial charge >= 0.3 is 6.09 Å². The van der Waals surface area contributed by atoms with Crippen LogP contribution in [0.4, 0.5) is 10.5 Å². The van der Waals surface area contributed by atoms with Crippen molar-refractivity contribution in [1.82, 2.24) is 5.32 Å². The van der Waals surface area contributed by atoms with Crippen molar-refractivity contribution in [2.24, 2.45) is 0 Å². The predicted molar refractivity (Wildman–Crippen MR) is 77.8 cm³/mol. The summed E-state index contributed by atoms with van der Waals surface area (Å²) in [6.07, 6.45) is 2.49. The van der Waals surface area contributed by atoms with Gasteiger partial charge in [-0.15, -0.1) is 0 Å². The van der Waals surface area contributed by atoms with Crippen molar-refractivity contribution in [1.29, 1.82) is 0 Å². The SMILES string of the molecule is [C-]#[N+]c1ccc2c(c1)CCCC2NC(=O)OC(C)(C)C. The highest BCUT2D eigenvalue weighted by Gasteiger charge is 2.24. The Morgan fingerprint density at radius 2 is 2.20 bits per heavy atom. The topological polar surface area (TPSA) is 42.7 Å². The van der Waals surface area contributed by atoms with E-state index in [4.69, 9.17) is 11.3 Å². The van der Waals surface area contributed by atoms with Crippen LogP contribution in [0, 0.1) is 6.57 Å². The van der Waals surface area contributed by atoms with Crippen molar-refractivity contribution in [3.8, 4) is 0 Å². The first-order valence-corrected chi connectivity index (χ1v) is 6.89. The molecule has 1 aromatic rings. The van der Waals surface area contributed by atoms with Gasteiger partial charge in [-0.25, -0.2) is 9.64 Å². The molecule has 0 radical (unpaired) electrons. The Morgan fingerprint density at radius 1 is 1.45 bits per heavy atom. The molecule has 0 fully saturated rings. The van der Waals surface area contributed by atoms with Crippen LogP contribution in [0.5, 0.6) is 0 Å². The maximum Gasteiger partial charge on any atom is 0.408 e. The average Bonchev–Trinajstić information content (AvgIpc) is 2.36. The van der Waals surface area contributed by atoms with Gasteiger partial charge in [0.1, 0.15) is 5.60 Å². The summed E-state index contributed by atoms with van der Waals surface area (Å²) in [6.45, 7) is 12.6. The lowest BCUT2D eigenvalue weighted by atomic mass is 9.87. The Morgan fingerprint density at radius 3 is 2.85 bits per heavy atom. The summed E-state index contributed by atoms with van der Waals surface area (Å²) in [7, 11) is 0. The van der Waals surface area contributed by atoms with Crippen molar-refractivity contribution in [2.45, 2.75) is 51.7 Å². The monoisotopic (exact) mass is 272 g/mol.